The van der Waals surface area contributed by atoms with Crippen molar-refractivity contribution < 1.29 is 23.8 Å². The highest BCUT2D eigenvalue weighted by Gasteiger charge is 2.46. The molecular formula is C15H16FNO4. The predicted octanol–water partition coefficient (Wildman–Crippen LogP) is 1.24. The molecule has 1 aliphatic heterocycles. The number of carboxylic acid groups (broad SMARTS) is 1. The number of aliphatic carboxylic acids is 1. The first-order valence-corrected chi connectivity index (χ1v) is 6.95. The second-order valence-corrected chi connectivity index (χ2v) is 5.49. The smallest absolute Gasteiger partial charge is 0.334 e. The number of carboxylic acids is 1. The maximum atomic E-state index is 13.2. The van der Waals surface area contributed by atoms with Gasteiger partial charge in [0.25, 0.3) is 0 Å². The Morgan fingerprint density at radius 3 is 2.90 bits per heavy atom. The van der Waals surface area contributed by atoms with Crippen molar-refractivity contribution in [2.24, 2.45) is 5.92 Å². The molecule has 0 aromatic heterocycles. The van der Waals surface area contributed by atoms with Crippen molar-refractivity contribution in [1.29, 1.82) is 0 Å². The molecular weight excluding hydrogens is 277 g/mol. The van der Waals surface area contributed by atoms with Gasteiger partial charge in [0, 0.05) is 12.5 Å². The average Bonchev–Trinajstić information content (AvgIpc) is 3.27. The number of carbonyl (C=O) groups excluding carboxylic acids is 1. The Balaban J connectivity index is 1.63. The van der Waals surface area contributed by atoms with Crippen molar-refractivity contribution in [3.8, 4) is 0 Å². The van der Waals surface area contributed by atoms with Gasteiger partial charge < -0.3 is 14.7 Å². The van der Waals surface area contributed by atoms with Gasteiger partial charge in [-0.1, -0.05) is 12.1 Å². The van der Waals surface area contributed by atoms with Gasteiger partial charge >= 0.3 is 5.97 Å². The first kappa shape index (κ1) is 14.0. The van der Waals surface area contributed by atoms with Gasteiger partial charge in [-0.25, -0.2) is 9.18 Å². The molecule has 3 rings (SSSR count). The number of hydrogen-bond acceptors (Lipinski definition) is 3. The molecule has 1 saturated carbocycles. The molecule has 2 fully saturated rings. The molecule has 1 aromatic carbocycles. The molecule has 6 heteroatoms. The molecule has 2 aliphatic rings. The van der Waals surface area contributed by atoms with E-state index in [1.54, 1.807) is 11.0 Å². The third-order valence-corrected chi connectivity index (χ3v) is 4.04. The van der Waals surface area contributed by atoms with E-state index in [4.69, 9.17) is 9.84 Å². The Morgan fingerprint density at radius 2 is 2.19 bits per heavy atom. The van der Waals surface area contributed by atoms with Crippen molar-refractivity contribution in [3.63, 3.8) is 0 Å². The van der Waals surface area contributed by atoms with Gasteiger partial charge in [-0.05, 0) is 30.0 Å². The number of amides is 1. The number of carbonyl (C=O) groups is 2. The van der Waals surface area contributed by atoms with Gasteiger partial charge in [0.15, 0.2) is 6.10 Å². The summed E-state index contributed by atoms with van der Waals surface area (Å²) >= 11 is 0. The quantitative estimate of drug-likeness (QED) is 0.910. The van der Waals surface area contributed by atoms with Crippen LogP contribution in [0, 0.1) is 11.7 Å². The van der Waals surface area contributed by atoms with Crippen LogP contribution in [0.15, 0.2) is 24.3 Å². The van der Waals surface area contributed by atoms with Crippen LogP contribution in [0.5, 0.6) is 0 Å². The number of rotatable bonds is 3. The summed E-state index contributed by atoms with van der Waals surface area (Å²) in [5.41, 5.74) is 0.830. The molecule has 1 aliphatic carbocycles. The molecule has 0 spiro atoms. The van der Waals surface area contributed by atoms with E-state index in [2.05, 4.69) is 0 Å². The lowest BCUT2D eigenvalue weighted by Gasteiger charge is -2.31. The minimum absolute atomic E-state index is 0.0410. The Morgan fingerprint density at radius 1 is 1.38 bits per heavy atom. The van der Waals surface area contributed by atoms with E-state index in [1.807, 2.05) is 6.07 Å². The van der Waals surface area contributed by atoms with Crippen molar-refractivity contribution in [3.05, 3.63) is 35.6 Å². The maximum absolute atomic E-state index is 13.2. The van der Waals surface area contributed by atoms with E-state index < -0.39 is 12.1 Å². The van der Waals surface area contributed by atoms with Gasteiger partial charge in [-0.2, -0.15) is 0 Å². The highest BCUT2D eigenvalue weighted by atomic mass is 19.1. The van der Waals surface area contributed by atoms with E-state index in [0.29, 0.717) is 13.0 Å². The van der Waals surface area contributed by atoms with Gasteiger partial charge in [-0.3, -0.25) is 4.79 Å². The third kappa shape index (κ3) is 2.90. The van der Waals surface area contributed by atoms with E-state index in [0.717, 1.165) is 5.56 Å². The summed E-state index contributed by atoms with van der Waals surface area (Å²) in [5.74, 6) is -1.54. The summed E-state index contributed by atoms with van der Waals surface area (Å²) in [6.07, 6.45) is -0.258. The fourth-order valence-electron chi connectivity index (χ4n) is 2.81. The highest BCUT2D eigenvalue weighted by molar-refractivity contribution is 5.84. The van der Waals surface area contributed by atoms with Crippen molar-refractivity contribution >= 4 is 11.9 Å². The summed E-state index contributed by atoms with van der Waals surface area (Å²) in [7, 11) is 0. The number of halogens is 1. The normalized spacial score (nSPS) is 28.2. The lowest BCUT2D eigenvalue weighted by Crippen LogP contribution is -2.49. The topological polar surface area (TPSA) is 66.8 Å². The van der Waals surface area contributed by atoms with Crippen LogP contribution in [-0.4, -0.2) is 47.7 Å². The number of nitrogens with zero attached hydrogens (tertiary/aromatic N) is 1. The van der Waals surface area contributed by atoms with Crippen molar-refractivity contribution in [2.45, 2.75) is 18.4 Å². The summed E-state index contributed by atoms with van der Waals surface area (Å²) in [4.78, 5) is 24.9. The average molecular weight is 293 g/mol. The van der Waals surface area contributed by atoms with E-state index in [1.165, 1.54) is 12.1 Å². The molecule has 1 heterocycles. The Bertz CT molecular complexity index is 577. The number of benzene rings is 1. The van der Waals surface area contributed by atoms with Crippen molar-refractivity contribution in [1.82, 2.24) is 4.90 Å². The highest BCUT2D eigenvalue weighted by Crippen LogP contribution is 2.48. The fourth-order valence-corrected chi connectivity index (χ4v) is 2.81. The van der Waals surface area contributed by atoms with E-state index in [9.17, 15) is 14.0 Å². The molecule has 112 valence electrons. The van der Waals surface area contributed by atoms with Crippen LogP contribution in [0.25, 0.3) is 0 Å². The third-order valence-electron chi connectivity index (χ3n) is 4.04. The largest absolute Gasteiger partial charge is 0.479 e. The molecule has 1 amide bonds. The number of morpholine rings is 1. The first-order valence-electron chi connectivity index (χ1n) is 6.95. The molecule has 0 radical (unpaired) electrons. The molecule has 3 atom stereocenters. The summed E-state index contributed by atoms with van der Waals surface area (Å²) < 4.78 is 18.3. The number of hydrogen-bond donors (Lipinski definition) is 1. The zero-order chi connectivity index (χ0) is 15.0. The standard InChI is InChI=1S/C15H16FNO4/c16-10-3-1-2-9(6-10)11-7-12(11)14(18)17-4-5-21-13(8-17)15(19)20/h1-3,6,11-13H,4-5,7-8H2,(H,19,20)/t11-,12-,13+/m1/s1. The monoisotopic (exact) mass is 293 g/mol. The van der Waals surface area contributed by atoms with Gasteiger partial charge in [-0.15, -0.1) is 0 Å². The molecule has 21 heavy (non-hydrogen) atoms. The minimum atomic E-state index is -1.05. The molecule has 0 unspecified atom stereocenters. The van der Waals surface area contributed by atoms with Crippen molar-refractivity contribution in [2.75, 3.05) is 19.7 Å². The molecule has 1 aromatic rings. The SMILES string of the molecule is O=C(O)[C@@H]1CN(C(=O)[C@@H]2C[C@@H]2c2cccc(F)c2)CCO1. The lowest BCUT2D eigenvalue weighted by atomic mass is 10.1. The number of ether oxygens (including phenoxy) is 1. The van der Waals surface area contributed by atoms with Gasteiger partial charge in [0.1, 0.15) is 5.82 Å². The van der Waals surface area contributed by atoms with Crippen LogP contribution in [0.1, 0.15) is 17.9 Å². The van der Waals surface area contributed by atoms with Crippen LogP contribution >= 0.6 is 0 Å². The van der Waals surface area contributed by atoms with Crippen LogP contribution in [0.2, 0.25) is 0 Å². The summed E-state index contributed by atoms with van der Waals surface area (Å²) in [6.45, 7) is 0.732. The summed E-state index contributed by atoms with van der Waals surface area (Å²) in [5, 5.41) is 8.95. The first-order chi connectivity index (χ1) is 10.1. The zero-order valence-electron chi connectivity index (χ0n) is 11.4. The molecule has 1 N–H and O–H groups in total. The maximum Gasteiger partial charge on any atom is 0.334 e. The molecule has 1 saturated heterocycles. The zero-order valence-corrected chi connectivity index (χ0v) is 11.4. The van der Waals surface area contributed by atoms with Gasteiger partial charge in [0.05, 0.1) is 13.2 Å². The lowest BCUT2D eigenvalue weighted by molar-refractivity contribution is -0.159. The van der Waals surface area contributed by atoms with Crippen LogP contribution in [0.3, 0.4) is 0 Å². The second-order valence-electron chi connectivity index (χ2n) is 5.49. The Labute approximate surface area is 121 Å². The minimum Gasteiger partial charge on any atom is -0.479 e. The van der Waals surface area contributed by atoms with Gasteiger partial charge in [0.2, 0.25) is 5.91 Å². The van der Waals surface area contributed by atoms with E-state index >= 15 is 0 Å². The Kier molecular flexibility index (Phi) is 3.63. The van der Waals surface area contributed by atoms with Crippen LogP contribution in [-0.2, 0) is 14.3 Å². The Hall–Kier alpha value is -1.95. The van der Waals surface area contributed by atoms with Crippen LogP contribution < -0.4 is 0 Å². The fraction of sp³-hybridized carbons (Fsp3) is 0.467. The van der Waals surface area contributed by atoms with E-state index in [-0.39, 0.29) is 36.7 Å². The van der Waals surface area contributed by atoms with Crippen LogP contribution in [0.4, 0.5) is 4.39 Å². The molecule has 5 nitrogen and oxygen atoms in total. The summed E-state index contributed by atoms with van der Waals surface area (Å²) in [6, 6.07) is 6.29. The molecule has 0 bridgehead atoms. The second kappa shape index (κ2) is 5.44. The predicted molar refractivity (Wildman–Crippen MR) is 71.2 cm³/mol.